The number of amides is 1. The largest absolute Gasteiger partial charge is 0.507 e. The number of nitro benzene ring substituents is 1. The molecule has 150 valence electrons. The molecule has 9 heteroatoms. The van der Waals surface area contributed by atoms with E-state index in [0.29, 0.717) is 10.6 Å². The van der Waals surface area contributed by atoms with Gasteiger partial charge in [-0.3, -0.25) is 19.7 Å². The predicted molar refractivity (Wildman–Crippen MR) is 105 cm³/mol. The minimum absolute atomic E-state index is 0.0951. The Labute approximate surface area is 171 Å². The van der Waals surface area contributed by atoms with Crippen molar-refractivity contribution in [3.05, 3.63) is 80.4 Å². The number of ether oxygens (including phenoxy) is 1. The van der Waals surface area contributed by atoms with E-state index in [1.807, 2.05) is 0 Å². The fourth-order valence-electron chi connectivity index (χ4n) is 3.19. The molecule has 0 saturated carbocycles. The number of non-ortho nitro benzene ring substituents is 1. The Balaban J connectivity index is 2.12. The summed E-state index contributed by atoms with van der Waals surface area (Å²) in [7, 11) is 1.48. The number of hydrogen-bond acceptors (Lipinski definition) is 6. The molecule has 8 nitrogen and oxygen atoms in total. The van der Waals surface area contributed by atoms with Gasteiger partial charge in [0.2, 0.25) is 0 Å². The first-order valence-electron chi connectivity index (χ1n) is 8.62. The van der Waals surface area contributed by atoms with Gasteiger partial charge < -0.3 is 14.7 Å². The summed E-state index contributed by atoms with van der Waals surface area (Å²) in [4.78, 5) is 36.9. The number of Topliss-reactive ketones (excluding diaryl/α,β-unsaturated/α-hetero) is 1. The number of methoxy groups -OCH3 is 1. The van der Waals surface area contributed by atoms with Crippen LogP contribution in [0.1, 0.15) is 17.2 Å². The van der Waals surface area contributed by atoms with E-state index in [1.54, 1.807) is 24.3 Å². The van der Waals surface area contributed by atoms with Crippen LogP contribution in [0.5, 0.6) is 0 Å². The van der Waals surface area contributed by atoms with E-state index in [0.717, 1.165) is 0 Å². The molecule has 1 aliphatic heterocycles. The van der Waals surface area contributed by atoms with Crippen LogP contribution in [0.2, 0.25) is 5.02 Å². The van der Waals surface area contributed by atoms with Crippen molar-refractivity contribution in [1.82, 2.24) is 4.90 Å². The number of aliphatic hydroxyl groups excluding tert-OH is 1. The number of carbonyl (C=O) groups is 2. The normalized spacial score (nSPS) is 18.3. The SMILES string of the molecule is COCCN1C(=O)C(=O)/C(=C(\O)c2ccc([N+](=O)[O-])cc2)C1c1ccc(Cl)cc1. The fraction of sp³-hybridized carbons (Fsp3) is 0.200. The Bertz CT molecular complexity index is 985. The van der Waals surface area contributed by atoms with E-state index in [-0.39, 0.29) is 30.0 Å². The molecular weight excluding hydrogens is 400 g/mol. The quantitative estimate of drug-likeness (QED) is 0.254. The molecule has 0 bridgehead atoms. The molecule has 0 spiro atoms. The molecule has 0 radical (unpaired) electrons. The lowest BCUT2D eigenvalue weighted by atomic mass is 9.95. The number of nitrogens with zero attached hydrogens (tertiary/aromatic N) is 2. The van der Waals surface area contributed by atoms with Gasteiger partial charge in [-0.15, -0.1) is 0 Å². The minimum Gasteiger partial charge on any atom is -0.507 e. The van der Waals surface area contributed by atoms with Crippen molar-refractivity contribution in [3.63, 3.8) is 0 Å². The van der Waals surface area contributed by atoms with Crippen molar-refractivity contribution in [2.24, 2.45) is 0 Å². The number of benzene rings is 2. The molecule has 3 rings (SSSR count). The summed E-state index contributed by atoms with van der Waals surface area (Å²) in [5, 5.41) is 22.1. The van der Waals surface area contributed by atoms with Crippen molar-refractivity contribution in [2.75, 3.05) is 20.3 Å². The van der Waals surface area contributed by atoms with Crippen LogP contribution in [0.15, 0.2) is 54.1 Å². The van der Waals surface area contributed by atoms with Gasteiger partial charge >= 0.3 is 0 Å². The van der Waals surface area contributed by atoms with E-state index in [9.17, 15) is 24.8 Å². The molecule has 2 aromatic carbocycles. The Morgan fingerprint density at radius 3 is 2.34 bits per heavy atom. The van der Waals surface area contributed by atoms with Crippen molar-refractivity contribution in [3.8, 4) is 0 Å². The van der Waals surface area contributed by atoms with E-state index >= 15 is 0 Å². The standard InChI is InChI=1S/C20H17ClN2O6/c1-29-11-10-22-17(12-2-6-14(21)7-3-12)16(19(25)20(22)26)18(24)13-4-8-15(9-5-13)23(27)28/h2-9,17,24H,10-11H2,1H3/b18-16-. The maximum atomic E-state index is 12.7. The first-order chi connectivity index (χ1) is 13.8. The van der Waals surface area contributed by atoms with Crippen molar-refractivity contribution in [1.29, 1.82) is 0 Å². The third-order valence-corrected chi connectivity index (χ3v) is 4.87. The molecule has 1 saturated heterocycles. The van der Waals surface area contributed by atoms with Crippen molar-refractivity contribution >= 4 is 34.7 Å². The Morgan fingerprint density at radius 1 is 1.17 bits per heavy atom. The first kappa shape index (κ1) is 20.5. The molecular formula is C20H17ClN2O6. The van der Waals surface area contributed by atoms with Gasteiger partial charge in [0.1, 0.15) is 5.76 Å². The zero-order valence-electron chi connectivity index (χ0n) is 15.4. The Kier molecular flexibility index (Phi) is 5.95. The van der Waals surface area contributed by atoms with Crippen molar-refractivity contribution in [2.45, 2.75) is 6.04 Å². The topological polar surface area (TPSA) is 110 Å². The number of nitro groups is 1. The Hall–Kier alpha value is -3.23. The smallest absolute Gasteiger partial charge is 0.295 e. The maximum Gasteiger partial charge on any atom is 0.295 e. The van der Waals surface area contributed by atoms with Crippen LogP contribution >= 0.6 is 11.6 Å². The lowest BCUT2D eigenvalue weighted by Gasteiger charge is -2.25. The number of aliphatic hydroxyl groups is 1. The number of rotatable bonds is 6. The van der Waals surface area contributed by atoms with Gasteiger partial charge in [0.15, 0.2) is 0 Å². The predicted octanol–water partition coefficient (Wildman–Crippen LogP) is 3.32. The average molecular weight is 417 g/mol. The van der Waals surface area contributed by atoms with Crippen LogP contribution in [-0.4, -0.2) is 46.9 Å². The molecule has 29 heavy (non-hydrogen) atoms. The molecule has 1 amide bonds. The summed E-state index contributed by atoms with van der Waals surface area (Å²) in [5.41, 5.74) is 0.533. The summed E-state index contributed by atoms with van der Waals surface area (Å²) in [5.74, 6) is -2.00. The second-order valence-electron chi connectivity index (χ2n) is 6.34. The van der Waals surface area contributed by atoms with Crippen molar-refractivity contribution < 1.29 is 24.4 Å². The summed E-state index contributed by atoms with van der Waals surface area (Å²) in [6, 6.07) is 10.8. The third kappa shape index (κ3) is 3.98. The van der Waals surface area contributed by atoms with Crippen LogP contribution in [0.4, 0.5) is 5.69 Å². The van der Waals surface area contributed by atoms with Crippen LogP contribution in [-0.2, 0) is 14.3 Å². The molecule has 0 aromatic heterocycles. The van der Waals surface area contributed by atoms with E-state index in [4.69, 9.17) is 16.3 Å². The van der Waals surface area contributed by atoms with Crippen LogP contribution in [0.3, 0.4) is 0 Å². The van der Waals surface area contributed by atoms with E-state index in [2.05, 4.69) is 0 Å². The summed E-state index contributed by atoms with van der Waals surface area (Å²) >= 11 is 5.95. The second kappa shape index (κ2) is 8.42. The average Bonchev–Trinajstić information content (AvgIpc) is 2.97. The van der Waals surface area contributed by atoms with E-state index in [1.165, 1.54) is 36.3 Å². The molecule has 1 heterocycles. The molecule has 0 aliphatic carbocycles. The molecule has 1 unspecified atom stereocenters. The highest BCUT2D eigenvalue weighted by molar-refractivity contribution is 6.46. The number of likely N-dealkylation sites (tertiary alicyclic amines) is 1. The van der Waals surface area contributed by atoms with Crippen LogP contribution in [0, 0.1) is 10.1 Å². The van der Waals surface area contributed by atoms with Gasteiger partial charge in [0.25, 0.3) is 17.4 Å². The first-order valence-corrected chi connectivity index (χ1v) is 9.00. The zero-order chi connectivity index (χ0) is 21.1. The highest BCUT2D eigenvalue weighted by Gasteiger charge is 2.45. The van der Waals surface area contributed by atoms with Gasteiger partial charge in [-0.2, -0.15) is 0 Å². The number of ketones is 1. The van der Waals surface area contributed by atoms with Crippen LogP contribution in [0.25, 0.3) is 5.76 Å². The fourth-order valence-corrected chi connectivity index (χ4v) is 3.31. The summed E-state index contributed by atoms with van der Waals surface area (Å²) in [6.07, 6.45) is 0. The monoisotopic (exact) mass is 416 g/mol. The lowest BCUT2D eigenvalue weighted by molar-refractivity contribution is -0.384. The number of carbonyl (C=O) groups excluding carboxylic acids is 2. The highest BCUT2D eigenvalue weighted by Crippen LogP contribution is 2.39. The van der Waals surface area contributed by atoms with Gasteiger partial charge in [0, 0.05) is 36.4 Å². The number of halogens is 1. The molecule has 2 aromatic rings. The summed E-state index contributed by atoms with van der Waals surface area (Å²) in [6.45, 7) is 0.347. The minimum atomic E-state index is -0.836. The molecule has 1 N–H and O–H groups in total. The zero-order valence-corrected chi connectivity index (χ0v) is 16.1. The number of hydrogen-bond donors (Lipinski definition) is 1. The van der Waals surface area contributed by atoms with Gasteiger partial charge in [-0.25, -0.2) is 0 Å². The van der Waals surface area contributed by atoms with Gasteiger partial charge in [0.05, 0.1) is 23.1 Å². The van der Waals surface area contributed by atoms with Crippen LogP contribution < -0.4 is 0 Å². The molecule has 1 atom stereocenters. The summed E-state index contributed by atoms with van der Waals surface area (Å²) < 4.78 is 5.04. The highest BCUT2D eigenvalue weighted by atomic mass is 35.5. The maximum absolute atomic E-state index is 12.7. The lowest BCUT2D eigenvalue weighted by Crippen LogP contribution is -2.32. The van der Waals surface area contributed by atoms with E-state index < -0.39 is 28.4 Å². The second-order valence-corrected chi connectivity index (χ2v) is 6.78. The Morgan fingerprint density at radius 2 is 1.79 bits per heavy atom. The van der Waals surface area contributed by atoms with Gasteiger partial charge in [-0.1, -0.05) is 23.7 Å². The molecule has 1 fully saturated rings. The van der Waals surface area contributed by atoms with Gasteiger partial charge in [-0.05, 0) is 29.8 Å². The third-order valence-electron chi connectivity index (χ3n) is 4.61. The molecule has 1 aliphatic rings.